The standard InChI is InChI=1S/C14H21NO/c1-4-8-14(9-5-1)16-12-10-13-7-3-2-6-11-15-13/h1,4-5,8-9,13,15H,2-3,6-7,10-12H2. The summed E-state index contributed by atoms with van der Waals surface area (Å²) in [7, 11) is 0. The fourth-order valence-electron chi connectivity index (χ4n) is 2.18. The molecule has 1 heterocycles. The van der Waals surface area contributed by atoms with Gasteiger partial charge in [0, 0.05) is 6.04 Å². The van der Waals surface area contributed by atoms with Crippen LogP contribution in [-0.2, 0) is 0 Å². The molecule has 2 rings (SSSR count). The molecule has 1 aromatic rings. The van der Waals surface area contributed by atoms with Crippen LogP contribution in [-0.4, -0.2) is 19.2 Å². The van der Waals surface area contributed by atoms with Gasteiger partial charge in [0.05, 0.1) is 6.61 Å². The van der Waals surface area contributed by atoms with Crippen molar-refractivity contribution in [1.82, 2.24) is 5.32 Å². The summed E-state index contributed by atoms with van der Waals surface area (Å²) in [5, 5.41) is 3.59. The Kier molecular flexibility index (Phi) is 4.69. The van der Waals surface area contributed by atoms with Crippen molar-refractivity contribution in [3.05, 3.63) is 30.3 Å². The molecule has 1 unspecified atom stereocenters. The molecule has 0 bridgehead atoms. The number of para-hydroxylation sites is 1. The predicted molar refractivity (Wildman–Crippen MR) is 66.8 cm³/mol. The molecule has 1 aliphatic heterocycles. The number of hydrogen-bond acceptors (Lipinski definition) is 2. The highest BCUT2D eigenvalue weighted by atomic mass is 16.5. The summed E-state index contributed by atoms with van der Waals surface area (Å²) >= 11 is 0. The molecule has 2 nitrogen and oxygen atoms in total. The van der Waals surface area contributed by atoms with Gasteiger partial charge >= 0.3 is 0 Å². The van der Waals surface area contributed by atoms with Gasteiger partial charge in [0.15, 0.2) is 0 Å². The van der Waals surface area contributed by atoms with Gasteiger partial charge in [-0.05, 0) is 37.9 Å². The molecule has 1 aromatic carbocycles. The molecule has 0 aliphatic carbocycles. The van der Waals surface area contributed by atoms with E-state index < -0.39 is 0 Å². The van der Waals surface area contributed by atoms with Crippen LogP contribution in [0.25, 0.3) is 0 Å². The lowest BCUT2D eigenvalue weighted by atomic mass is 10.1. The van der Waals surface area contributed by atoms with Gasteiger partial charge in [0.2, 0.25) is 0 Å². The summed E-state index contributed by atoms with van der Waals surface area (Å²) in [4.78, 5) is 0. The maximum Gasteiger partial charge on any atom is 0.119 e. The molecule has 1 aliphatic rings. The predicted octanol–water partition coefficient (Wildman–Crippen LogP) is 2.99. The average Bonchev–Trinajstić information content (AvgIpc) is 2.59. The SMILES string of the molecule is c1ccc(OCCC2CCCCCN2)cc1. The van der Waals surface area contributed by atoms with Gasteiger partial charge in [-0.15, -0.1) is 0 Å². The van der Waals surface area contributed by atoms with Crippen molar-refractivity contribution in [1.29, 1.82) is 0 Å². The smallest absolute Gasteiger partial charge is 0.119 e. The van der Waals surface area contributed by atoms with Crippen molar-refractivity contribution in [2.24, 2.45) is 0 Å². The van der Waals surface area contributed by atoms with E-state index in [1.165, 1.54) is 32.2 Å². The summed E-state index contributed by atoms with van der Waals surface area (Å²) in [5.74, 6) is 0.983. The first-order chi connectivity index (χ1) is 7.95. The zero-order valence-electron chi connectivity index (χ0n) is 9.82. The molecule has 1 saturated heterocycles. The second-order valence-corrected chi connectivity index (χ2v) is 4.45. The van der Waals surface area contributed by atoms with E-state index in [4.69, 9.17) is 4.74 Å². The van der Waals surface area contributed by atoms with E-state index in [9.17, 15) is 0 Å². The minimum absolute atomic E-state index is 0.659. The van der Waals surface area contributed by atoms with Crippen LogP contribution in [0, 0.1) is 0 Å². The van der Waals surface area contributed by atoms with Crippen LogP contribution in [0.4, 0.5) is 0 Å². The van der Waals surface area contributed by atoms with Crippen LogP contribution in [0.15, 0.2) is 30.3 Å². The first kappa shape index (κ1) is 11.5. The van der Waals surface area contributed by atoms with Gasteiger partial charge in [0.1, 0.15) is 5.75 Å². The van der Waals surface area contributed by atoms with Crippen LogP contribution < -0.4 is 10.1 Å². The molecular weight excluding hydrogens is 198 g/mol. The third kappa shape index (κ3) is 3.86. The van der Waals surface area contributed by atoms with E-state index in [1.807, 2.05) is 30.3 Å². The lowest BCUT2D eigenvalue weighted by Gasteiger charge is -2.15. The summed E-state index contributed by atoms with van der Waals surface area (Å²) in [6, 6.07) is 10.7. The number of hydrogen-bond donors (Lipinski definition) is 1. The zero-order chi connectivity index (χ0) is 11.1. The minimum Gasteiger partial charge on any atom is -0.494 e. The fraction of sp³-hybridized carbons (Fsp3) is 0.571. The third-order valence-corrected chi connectivity index (χ3v) is 3.14. The average molecular weight is 219 g/mol. The Morgan fingerprint density at radius 3 is 2.88 bits per heavy atom. The largest absolute Gasteiger partial charge is 0.494 e. The first-order valence-corrected chi connectivity index (χ1v) is 6.36. The first-order valence-electron chi connectivity index (χ1n) is 6.36. The van der Waals surface area contributed by atoms with Crippen molar-refractivity contribution in [3.8, 4) is 5.75 Å². The van der Waals surface area contributed by atoms with E-state index in [0.717, 1.165) is 18.8 Å². The van der Waals surface area contributed by atoms with Gasteiger partial charge < -0.3 is 10.1 Å². The molecule has 1 N–H and O–H groups in total. The molecule has 0 saturated carbocycles. The zero-order valence-corrected chi connectivity index (χ0v) is 9.82. The molecular formula is C14H21NO. The van der Waals surface area contributed by atoms with E-state index in [-0.39, 0.29) is 0 Å². The molecule has 1 atom stereocenters. The molecule has 0 radical (unpaired) electrons. The van der Waals surface area contributed by atoms with Gasteiger partial charge in [-0.25, -0.2) is 0 Å². The highest BCUT2D eigenvalue weighted by Crippen LogP contribution is 2.13. The van der Waals surface area contributed by atoms with Crippen LogP contribution in [0.3, 0.4) is 0 Å². The van der Waals surface area contributed by atoms with E-state index in [2.05, 4.69) is 5.32 Å². The molecule has 16 heavy (non-hydrogen) atoms. The van der Waals surface area contributed by atoms with Crippen LogP contribution in [0.5, 0.6) is 5.75 Å². The number of rotatable bonds is 4. The van der Waals surface area contributed by atoms with E-state index in [1.54, 1.807) is 0 Å². The number of nitrogens with one attached hydrogen (secondary N) is 1. The van der Waals surface area contributed by atoms with Crippen LogP contribution >= 0.6 is 0 Å². The van der Waals surface area contributed by atoms with Crippen molar-refractivity contribution in [2.75, 3.05) is 13.2 Å². The van der Waals surface area contributed by atoms with Crippen molar-refractivity contribution < 1.29 is 4.74 Å². The van der Waals surface area contributed by atoms with Crippen LogP contribution in [0.1, 0.15) is 32.1 Å². The monoisotopic (exact) mass is 219 g/mol. The molecule has 0 amide bonds. The molecule has 0 aromatic heterocycles. The maximum absolute atomic E-state index is 5.71. The Labute approximate surface area is 98.0 Å². The Balaban J connectivity index is 1.67. The topological polar surface area (TPSA) is 21.3 Å². The quantitative estimate of drug-likeness (QED) is 0.840. The fourth-order valence-corrected chi connectivity index (χ4v) is 2.18. The Hall–Kier alpha value is -1.02. The van der Waals surface area contributed by atoms with Crippen molar-refractivity contribution in [2.45, 2.75) is 38.1 Å². The van der Waals surface area contributed by atoms with Crippen molar-refractivity contribution >= 4 is 0 Å². The number of ether oxygens (including phenoxy) is 1. The Morgan fingerprint density at radius 1 is 1.12 bits per heavy atom. The molecule has 0 spiro atoms. The van der Waals surface area contributed by atoms with Gasteiger partial charge in [-0.3, -0.25) is 0 Å². The normalized spacial score (nSPS) is 21.4. The maximum atomic E-state index is 5.71. The molecule has 1 fully saturated rings. The third-order valence-electron chi connectivity index (χ3n) is 3.14. The summed E-state index contributed by atoms with van der Waals surface area (Å²) in [6.45, 7) is 2.00. The minimum atomic E-state index is 0.659. The Bertz CT molecular complexity index is 278. The summed E-state index contributed by atoms with van der Waals surface area (Å²) in [5.41, 5.74) is 0. The van der Waals surface area contributed by atoms with E-state index >= 15 is 0 Å². The molecule has 2 heteroatoms. The summed E-state index contributed by atoms with van der Waals surface area (Å²) in [6.07, 6.45) is 6.50. The highest BCUT2D eigenvalue weighted by Gasteiger charge is 2.10. The number of benzene rings is 1. The lowest BCUT2D eigenvalue weighted by Crippen LogP contribution is -2.29. The highest BCUT2D eigenvalue weighted by molar-refractivity contribution is 5.20. The van der Waals surface area contributed by atoms with Gasteiger partial charge in [-0.1, -0.05) is 31.0 Å². The van der Waals surface area contributed by atoms with Gasteiger partial charge in [-0.2, -0.15) is 0 Å². The van der Waals surface area contributed by atoms with Crippen molar-refractivity contribution in [3.63, 3.8) is 0 Å². The second-order valence-electron chi connectivity index (χ2n) is 4.45. The Morgan fingerprint density at radius 2 is 2.00 bits per heavy atom. The van der Waals surface area contributed by atoms with Crippen LogP contribution in [0.2, 0.25) is 0 Å². The molecule has 88 valence electrons. The second kappa shape index (κ2) is 6.54. The van der Waals surface area contributed by atoms with Gasteiger partial charge in [0.25, 0.3) is 0 Å². The lowest BCUT2D eigenvalue weighted by molar-refractivity contribution is 0.283. The summed E-state index contributed by atoms with van der Waals surface area (Å²) < 4.78 is 5.71. The van der Waals surface area contributed by atoms with E-state index in [0.29, 0.717) is 6.04 Å².